The lowest BCUT2D eigenvalue weighted by molar-refractivity contribution is -0.147. The molecule has 176 valence electrons. The Kier molecular flexibility index (Phi) is 7.74. The smallest absolute Gasteiger partial charge is 0.413 e. The van der Waals surface area contributed by atoms with Crippen LogP contribution in [-0.4, -0.2) is 46.0 Å². The Morgan fingerprint density at radius 1 is 1.03 bits per heavy atom. The van der Waals surface area contributed by atoms with Gasteiger partial charge in [0.2, 0.25) is 0 Å². The number of piperidine rings is 1. The second kappa shape index (κ2) is 10.3. The fourth-order valence-electron chi connectivity index (χ4n) is 4.71. The fraction of sp³-hybridized carbons (Fsp3) is 0.667. The lowest BCUT2D eigenvalue weighted by Crippen LogP contribution is -2.51. The van der Waals surface area contributed by atoms with E-state index in [-0.39, 0.29) is 6.04 Å². The summed E-state index contributed by atoms with van der Waals surface area (Å²) in [6.45, 7) is 7.75. The van der Waals surface area contributed by atoms with Crippen LogP contribution in [0.25, 0.3) is 0 Å². The molecular weight excluding hydrogens is 408 g/mol. The Morgan fingerprint density at radius 2 is 1.72 bits per heavy atom. The summed E-state index contributed by atoms with van der Waals surface area (Å²) in [7, 11) is 0. The van der Waals surface area contributed by atoms with Crippen LogP contribution < -0.4 is 10.6 Å². The quantitative estimate of drug-likeness (QED) is 0.662. The number of carbonyl (C=O) groups excluding carboxylic acids is 3. The number of amides is 3. The van der Waals surface area contributed by atoms with E-state index < -0.39 is 23.5 Å². The van der Waals surface area contributed by atoms with E-state index >= 15 is 0 Å². The maximum atomic E-state index is 13.0. The minimum absolute atomic E-state index is 0.169. The molecule has 1 aliphatic heterocycles. The lowest BCUT2D eigenvalue weighted by atomic mass is 9.80. The summed E-state index contributed by atoms with van der Waals surface area (Å²) < 4.78 is 5.24. The zero-order valence-corrected chi connectivity index (χ0v) is 19.7. The van der Waals surface area contributed by atoms with Crippen LogP contribution in [0.2, 0.25) is 0 Å². The standard InChI is InChI=1S/C24H36N4O4/c1-16-14-18(15-25-20(16)27-23(31)32-24(2,3)4)26-21(29)22(30)28-13-9-8-12-19(28)17-10-6-5-7-11-17/h14-15,17,19H,5-13H2,1-4H3,(H,26,29)(H,25,27,31). The highest BCUT2D eigenvalue weighted by Crippen LogP contribution is 2.33. The number of ether oxygens (including phenoxy) is 1. The molecule has 1 aromatic rings. The number of nitrogens with one attached hydrogen (secondary N) is 2. The molecular formula is C24H36N4O4. The lowest BCUT2D eigenvalue weighted by Gasteiger charge is -2.41. The molecule has 0 bridgehead atoms. The molecule has 32 heavy (non-hydrogen) atoms. The molecule has 8 heteroatoms. The van der Waals surface area contributed by atoms with Crippen molar-refractivity contribution in [1.29, 1.82) is 0 Å². The number of hydrogen-bond acceptors (Lipinski definition) is 5. The van der Waals surface area contributed by atoms with Gasteiger partial charge in [-0.25, -0.2) is 9.78 Å². The van der Waals surface area contributed by atoms with Gasteiger partial charge in [0, 0.05) is 12.6 Å². The van der Waals surface area contributed by atoms with E-state index in [1.165, 1.54) is 25.5 Å². The summed E-state index contributed by atoms with van der Waals surface area (Å²) in [6.07, 6.45) is 9.84. The number of anilines is 2. The van der Waals surface area contributed by atoms with Crippen molar-refractivity contribution in [2.75, 3.05) is 17.2 Å². The molecule has 0 aromatic carbocycles. The van der Waals surface area contributed by atoms with E-state index in [2.05, 4.69) is 15.6 Å². The topological polar surface area (TPSA) is 101 Å². The Labute approximate surface area is 190 Å². The van der Waals surface area contributed by atoms with Gasteiger partial charge in [0.25, 0.3) is 0 Å². The van der Waals surface area contributed by atoms with E-state index in [1.54, 1.807) is 38.7 Å². The van der Waals surface area contributed by atoms with Crippen molar-refractivity contribution in [3.8, 4) is 0 Å². The number of aromatic nitrogens is 1. The van der Waals surface area contributed by atoms with E-state index in [4.69, 9.17) is 4.74 Å². The minimum Gasteiger partial charge on any atom is -0.444 e. The largest absolute Gasteiger partial charge is 0.444 e. The van der Waals surface area contributed by atoms with Crippen molar-refractivity contribution >= 4 is 29.4 Å². The van der Waals surface area contributed by atoms with Crippen molar-refractivity contribution in [2.45, 2.75) is 90.7 Å². The van der Waals surface area contributed by atoms with Crippen molar-refractivity contribution in [3.05, 3.63) is 17.8 Å². The Bertz CT molecular complexity index is 843. The van der Waals surface area contributed by atoms with E-state index in [9.17, 15) is 14.4 Å². The zero-order valence-electron chi connectivity index (χ0n) is 19.7. The Morgan fingerprint density at radius 3 is 2.38 bits per heavy atom. The van der Waals surface area contributed by atoms with Crippen LogP contribution in [0, 0.1) is 12.8 Å². The second-order valence-electron chi connectivity index (χ2n) is 9.93. The predicted octanol–water partition coefficient (Wildman–Crippen LogP) is 4.64. The van der Waals surface area contributed by atoms with Crippen LogP contribution in [0.4, 0.5) is 16.3 Å². The molecule has 0 radical (unpaired) electrons. The van der Waals surface area contributed by atoms with Gasteiger partial charge in [-0.2, -0.15) is 0 Å². The molecule has 1 saturated heterocycles. The van der Waals surface area contributed by atoms with Gasteiger partial charge in [0.05, 0.1) is 11.9 Å². The van der Waals surface area contributed by atoms with Crippen LogP contribution in [0.5, 0.6) is 0 Å². The highest BCUT2D eigenvalue weighted by molar-refractivity contribution is 6.39. The summed E-state index contributed by atoms with van der Waals surface area (Å²) in [5, 5.41) is 5.29. The van der Waals surface area contributed by atoms with Gasteiger partial charge in [-0.3, -0.25) is 14.9 Å². The molecule has 1 aromatic heterocycles. The molecule has 2 N–H and O–H groups in total. The number of hydrogen-bond donors (Lipinski definition) is 2. The van der Waals surface area contributed by atoms with Gasteiger partial charge < -0.3 is 15.0 Å². The van der Waals surface area contributed by atoms with Gasteiger partial charge in [-0.1, -0.05) is 19.3 Å². The SMILES string of the molecule is Cc1cc(NC(=O)C(=O)N2CCCCC2C2CCCCC2)cnc1NC(=O)OC(C)(C)C. The Balaban J connectivity index is 1.62. The number of aryl methyl sites for hydroxylation is 1. The molecule has 0 spiro atoms. The van der Waals surface area contributed by atoms with E-state index in [0.717, 1.165) is 32.1 Å². The third kappa shape index (κ3) is 6.43. The molecule has 3 amide bonds. The first kappa shape index (κ1) is 24.0. The van der Waals surface area contributed by atoms with Crippen LogP contribution in [0.3, 0.4) is 0 Å². The second-order valence-corrected chi connectivity index (χ2v) is 9.93. The number of likely N-dealkylation sites (tertiary alicyclic amines) is 1. The van der Waals surface area contributed by atoms with E-state index in [0.29, 0.717) is 29.5 Å². The molecule has 1 unspecified atom stereocenters. The summed E-state index contributed by atoms with van der Waals surface area (Å²) in [5.74, 6) is -0.254. The van der Waals surface area contributed by atoms with Crippen LogP contribution in [-0.2, 0) is 14.3 Å². The first-order valence-corrected chi connectivity index (χ1v) is 11.7. The highest BCUT2D eigenvalue weighted by atomic mass is 16.6. The zero-order chi connectivity index (χ0) is 23.3. The molecule has 2 heterocycles. The number of rotatable bonds is 3. The summed E-state index contributed by atoms with van der Waals surface area (Å²) in [4.78, 5) is 43.7. The molecule has 2 fully saturated rings. The summed E-state index contributed by atoms with van der Waals surface area (Å²) >= 11 is 0. The average molecular weight is 445 g/mol. The van der Waals surface area contributed by atoms with Crippen LogP contribution >= 0.6 is 0 Å². The highest BCUT2D eigenvalue weighted by Gasteiger charge is 2.36. The van der Waals surface area contributed by atoms with Crippen molar-refractivity contribution < 1.29 is 19.1 Å². The first-order valence-electron chi connectivity index (χ1n) is 11.7. The molecule has 1 saturated carbocycles. The number of carbonyl (C=O) groups is 3. The molecule has 1 aliphatic carbocycles. The van der Waals surface area contributed by atoms with Crippen LogP contribution in [0.1, 0.15) is 77.7 Å². The summed E-state index contributed by atoms with van der Waals surface area (Å²) in [5.41, 5.74) is 0.455. The molecule has 2 aliphatic rings. The van der Waals surface area contributed by atoms with Crippen molar-refractivity contribution in [3.63, 3.8) is 0 Å². The van der Waals surface area contributed by atoms with Crippen LogP contribution in [0.15, 0.2) is 12.3 Å². The predicted molar refractivity (Wildman–Crippen MR) is 123 cm³/mol. The van der Waals surface area contributed by atoms with Gasteiger partial charge in [-0.05, 0) is 77.3 Å². The van der Waals surface area contributed by atoms with Gasteiger partial charge >= 0.3 is 17.9 Å². The molecule has 3 rings (SSSR count). The van der Waals surface area contributed by atoms with Crippen molar-refractivity contribution in [1.82, 2.24) is 9.88 Å². The number of nitrogens with zero attached hydrogens (tertiary/aromatic N) is 2. The fourth-order valence-corrected chi connectivity index (χ4v) is 4.71. The van der Waals surface area contributed by atoms with Gasteiger partial charge in [0.1, 0.15) is 11.4 Å². The van der Waals surface area contributed by atoms with Crippen molar-refractivity contribution in [2.24, 2.45) is 5.92 Å². The maximum Gasteiger partial charge on any atom is 0.413 e. The normalized spacial score (nSPS) is 19.9. The maximum absolute atomic E-state index is 13.0. The van der Waals surface area contributed by atoms with E-state index in [1.807, 2.05) is 0 Å². The molecule has 8 nitrogen and oxygen atoms in total. The average Bonchev–Trinajstić information content (AvgIpc) is 2.74. The van der Waals surface area contributed by atoms with Gasteiger partial charge in [-0.15, -0.1) is 0 Å². The number of pyridine rings is 1. The monoisotopic (exact) mass is 444 g/mol. The van der Waals surface area contributed by atoms with Gasteiger partial charge in [0.15, 0.2) is 0 Å². The third-order valence-electron chi connectivity index (χ3n) is 6.15. The first-order chi connectivity index (χ1) is 15.1. The summed E-state index contributed by atoms with van der Waals surface area (Å²) in [6, 6.07) is 1.85. The minimum atomic E-state index is -0.637. The Hall–Kier alpha value is -2.64. The third-order valence-corrected chi connectivity index (χ3v) is 6.15. The molecule has 1 atom stereocenters.